The van der Waals surface area contributed by atoms with Crippen LogP contribution in [0, 0.1) is 18.8 Å². The number of amides is 1. The average Bonchev–Trinajstić information content (AvgIpc) is 2.43. The molecule has 1 aliphatic rings. The van der Waals surface area contributed by atoms with Gasteiger partial charge in [0.15, 0.2) is 0 Å². The van der Waals surface area contributed by atoms with Gasteiger partial charge in [0.05, 0.1) is 0 Å². The first-order valence-corrected chi connectivity index (χ1v) is 8.15. The summed E-state index contributed by atoms with van der Waals surface area (Å²) in [4.78, 5) is 14.8. The molecule has 0 spiro atoms. The van der Waals surface area contributed by atoms with Crippen molar-refractivity contribution in [2.75, 3.05) is 25.0 Å². The number of carbonyl (C=O) groups is 1. The maximum absolute atomic E-state index is 12.7. The lowest BCUT2D eigenvalue weighted by Gasteiger charge is -2.35. The van der Waals surface area contributed by atoms with Crippen LogP contribution in [0.15, 0.2) is 18.2 Å². The number of benzene rings is 1. The highest BCUT2D eigenvalue weighted by Gasteiger charge is 2.26. The van der Waals surface area contributed by atoms with E-state index in [9.17, 15) is 4.79 Å². The molecule has 3 nitrogen and oxygen atoms in total. The molecule has 3 heteroatoms. The van der Waals surface area contributed by atoms with Crippen molar-refractivity contribution in [3.63, 3.8) is 0 Å². The number of aryl methyl sites for hydroxylation is 1. The lowest BCUT2D eigenvalue weighted by Crippen LogP contribution is -2.42. The number of piperidine rings is 1. The molecule has 2 unspecified atom stereocenters. The summed E-state index contributed by atoms with van der Waals surface area (Å²) in [7, 11) is 0. The first kappa shape index (κ1) is 15.9. The van der Waals surface area contributed by atoms with E-state index < -0.39 is 0 Å². The lowest BCUT2D eigenvalue weighted by atomic mass is 9.91. The third-order valence-electron chi connectivity index (χ3n) is 4.19. The van der Waals surface area contributed by atoms with Crippen LogP contribution in [0.2, 0.25) is 0 Å². The molecule has 0 saturated carbocycles. The van der Waals surface area contributed by atoms with Crippen molar-refractivity contribution >= 4 is 11.6 Å². The summed E-state index contributed by atoms with van der Waals surface area (Å²) in [5.74, 6) is 1.39. The van der Waals surface area contributed by atoms with Crippen molar-refractivity contribution in [2.45, 2.75) is 40.5 Å². The Balaban J connectivity index is 2.11. The monoisotopic (exact) mass is 288 g/mol. The second-order valence-electron chi connectivity index (χ2n) is 6.61. The molecule has 0 aliphatic carbocycles. The zero-order valence-corrected chi connectivity index (χ0v) is 13.8. The molecule has 1 saturated heterocycles. The number of hydrogen-bond acceptors (Lipinski definition) is 2. The number of anilines is 1. The molecule has 21 heavy (non-hydrogen) atoms. The van der Waals surface area contributed by atoms with Crippen LogP contribution < -0.4 is 5.32 Å². The minimum absolute atomic E-state index is 0.188. The van der Waals surface area contributed by atoms with E-state index in [1.54, 1.807) is 0 Å². The molecule has 1 amide bonds. The van der Waals surface area contributed by atoms with Gasteiger partial charge in [-0.15, -0.1) is 0 Å². The molecule has 1 fully saturated rings. The van der Waals surface area contributed by atoms with Gasteiger partial charge in [0.25, 0.3) is 5.91 Å². The molecule has 2 rings (SSSR count). The van der Waals surface area contributed by atoms with Crippen LogP contribution in [0.4, 0.5) is 5.69 Å². The minimum Gasteiger partial charge on any atom is -0.385 e. The van der Waals surface area contributed by atoms with Crippen molar-refractivity contribution in [3.8, 4) is 0 Å². The van der Waals surface area contributed by atoms with Gasteiger partial charge in [0.2, 0.25) is 0 Å². The fourth-order valence-corrected chi connectivity index (χ4v) is 3.28. The summed E-state index contributed by atoms with van der Waals surface area (Å²) < 4.78 is 0. The first-order chi connectivity index (χ1) is 10.0. The van der Waals surface area contributed by atoms with E-state index in [0.29, 0.717) is 11.8 Å². The lowest BCUT2D eigenvalue weighted by molar-refractivity contribution is 0.0622. The fraction of sp³-hybridized carbons (Fsp3) is 0.611. The molecule has 1 N–H and O–H groups in total. The van der Waals surface area contributed by atoms with Crippen molar-refractivity contribution < 1.29 is 4.79 Å². The molecule has 2 atom stereocenters. The van der Waals surface area contributed by atoms with Crippen LogP contribution in [0.3, 0.4) is 0 Å². The van der Waals surface area contributed by atoms with Crippen LogP contribution in [0.5, 0.6) is 0 Å². The number of hydrogen-bond donors (Lipinski definition) is 1. The topological polar surface area (TPSA) is 32.3 Å². The van der Waals surface area contributed by atoms with Crippen LogP contribution in [-0.2, 0) is 0 Å². The third-order valence-corrected chi connectivity index (χ3v) is 4.19. The summed E-state index contributed by atoms with van der Waals surface area (Å²) >= 11 is 0. The summed E-state index contributed by atoms with van der Waals surface area (Å²) in [6, 6.07) is 6.08. The molecule has 116 valence electrons. The van der Waals surface area contributed by atoms with Crippen molar-refractivity contribution in [3.05, 3.63) is 29.3 Å². The van der Waals surface area contributed by atoms with E-state index in [-0.39, 0.29) is 5.91 Å². The van der Waals surface area contributed by atoms with Gasteiger partial charge < -0.3 is 10.2 Å². The average molecular weight is 288 g/mol. The van der Waals surface area contributed by atoms with E-state index in [4.69, 9.17) is 0 Å². The fourth-order valence-electron chi connectivity index (χ4n) is 3.28. The Labute approximate surface area is 128 Å². The first-order valence-electron chi connectivity index (χ1n) is 8.15. The highest BCUT2D eigenvalue weighted by Crippen LogP contribution is 2.24. The highest BCUT2D eigenvalue weighted by molar-refractivity contribution is 5.96. The Morgan fingerprint density at radius 2 is 1.95 bits per heavy atom. The predicted molar refractivity (Wildman–Crippen MR) is 88.8 cm³/mol. The van der Waals surface area contributed by atoms with E-state index >= 15 is 0 Å². The predicted octanol–water partition coefficient (Wildman–Crippen LogP) is 3.94. The van der Waals surface area contributed by atoms with Gasteiger partial charge in [0, 0.05) is 30.9 Å². The smallest absolute Gasteiger partial charge is 0.254 e. The van der Waals surface area contributed by atoms with Gasteiger partial charge in [-0.2, -0.15) is 0 Å². The number of carbonyl (C=O) groups excluding carboxylic acids is 1. The van der Waals surface area contributed by atoms with Crippen LogP contribution in [0.1, 0.15) is 49.5 Å². The molecule has 1 aromatic carbocycles. The molecule has 1 aromatic rings. The van der Waals surface area contributed by atoms with Gasteiger partial charge in [-0.1, -0.05) is 20.8 Å². The molecule has 1 heterocycles. The quantitative estimate of drug-likeness (QED) is 0.910. The summed E-state index contributed by atoms with van der Waals surface area (Å²) in [6.07, 6.45) is 2.33. The van der Waals surface area contributed by atoms with Gasteiger partial charge in [-0.05, 0) is 55.4 Å². The Kier molecular flexibility index (Phi) is 5.27. The van der Waals surface area contributed by atoms with E-state index in [1.165, 1.54) is 6.42 Å². The zero-order chi connectivity index (χ0) is 15.4. The Bertz CT molecular complexity index is 488. The van der Waals surface area contributed by atoms with Crippen LogP contribution in [-0.4, -0.2) is 30.4 Å². The van der Waals surface area contributed by atoms with Crippen LogP contribution in [0.25, 0.3) is 0 Å². The SMILES string of the molecule is CCCNc1ccc(C(=O)N2CC(C)CC(C)C2)c(C)c1. The van der Waals surface area contributed by atoms with Gasteiger partial charge >= 0.3 is 0 Å². The maximum atomic E-state index is 12.7. The maximum Gasteiger partial charge on any atom is 0.254 e. The zero-order valence-electron chi connectivity index (χ0n) is 13.8. The second-order valence-corrected chi connectivity index (χ2v) is 6.61. The highest BCUT2D eigenvalue weighted by atomic mass is 16.2. The van der Waals surface area contributed by atoms with Crippen molar-refractivity contribution in [1.29, 1.82) is 0 Å². The largest absolute Gasteiger partial charge is 0.385 e. The Morgan fingerprint density at radius 3 is 2.52 bits per heavy atom. The van der Waals surface area contributed by atoms with Crippen molar-refractivity contribution in [2.24, 2.45) is 11.8 Å². The van der Waals surface area contributed by atoms with Crippen LogP contribution >= 0.6 is 0 Å². The van der Waals surface area contributed by atoms with Gasteiger partial charge in [0.1, 0.15) is 0 Å². The minimum atomic E-state index is 0.188. The standard InChI is InChI=1S/C18H28N2O/c1-5-8-19-16-6-7-17(15(4)10-16)18(21)20-11-13(2)9-14(3)12-20/h6-7,10,13-14,19H,5,8-9,11-12H2,1-4H3. The third kappa shape index (κ3) is 3.99. The summed E-state index contributed by atoms with van der Waals surface area (Å²) in [5, 5.41) is 3.37. The molecule has 1 aliphatic heterocycles. The Morgan fingerprint density at radius 1 is 1.29 bits per heavy atom. The van der Waals surface area contributed by atoms with Crippen molar-refractivity contribution in [1.82, 2.24) is 4.90 Å². The van der Waals surface area contributed by atoms with E-state index in [2.05, 4.69) is 32.2 Å². The Hall–Kier alpha value is -1.51. The van der Waals surface area contributed by atoms with Gasteiger partial charge in [-0.3, -0.25) is 4.79 Å². The summed E-state index contributed by atoms with van der Waals surface area (Å²) in [6.45, 7) is 11.4. The molecule has 0 bridgehead atoms. The molecular formula is C18H28N2O. The number of nitrogens with zero attached hydrogens (tertiary/aromatic N) is 1. The normalized spacial score (nSPS) is 22.2. The van der Waals surface area contributed by atoms with Gasteiger partial charge in [-0.25, -0.2) is 0 Å². The number of nitrogens with one attached hydrogen (secondary N) is 1. The number of likely N-dealkylation sites (tertiary alicyclic amines) is 1. The summed E-state index contributed by atoms with van der Waals surface area (Å²) in [5.41, 5.74) is 3.01. The molecule has 0 aromatic heterocycles. The number of rotatable bonds is 4. The molecule has 0 radical (unpaired) electrons. The van der Waals surface area contributed by atoms with E-state index in [0.717, 1.165) is 42.9 Å². The molecular weight excluding hydrogens is 260 g/mol. The second kappa shape index (κ2) is 6.97. The van der Waals surface area contributed by atoms with E-state index in [1.807, 2.05) is 24.0 Å².